The Hall–Kier alpha value is -2.50. The molecular weight excluding hydrogens is 334 g/mol. The van der Waals surface area contributed by atoms with E-state index in [1.165, 1.54) is 16.8 Å². The van der Waals surface area contributed by atoms with Crippen LogP contribution in [0.25, 0.3) is 5.69 Å². The van der Waals surface area contributed by atoms with E-state index in [1.54, 1.807) is 0 Å². The van der Waals surface area contributed by atoms with Gasteiger partial charge in [-0.05, 0) is 29.7 Å². The Morgan fingerprint density at radius 3 is 2.74 bits per heavy atom. The molecule has 1 atom stereocenters. The maximum absolute atomic E-state index is 4.91. The number of para-hydroxylation sites is 1. The number of rotatable bonds is 5. The van der Waals surface area contributed by atoms with Crippen LogP contribution in [0.1, 0.15) is 42.6 Å². The minimum absolute atomic E-state index is 0.340. The zero-order chi connectivity index (χ0) is 18.6. The van der Waals surface area contributed by atoms with Crippen molar-refractivity contribution in [1.29, 1.82) is 0 Å². The number of benzene rings is 1. The summed E-state index contributed by atoms with van der Waals surface area (Å²) in [6, 6.07) is 14.9. The lowest BCUT2D eigenvalue weighted by molar-refractivity contribution is 0.153. The first-order chi connectivity index (χ1) is 13.2. The number of hydrogen-bond donors (Lipinski definition) is 1. The van der Waals surface area contributed by atoms with Crippen LogP contribution >= 0.6 is 0 Å². The number of pyridine rings is 1. The molecule has 0 aliphatic carbocycles. The molecule has 1 unspecified atom stereocenters. The number of hydrogen-bond acceptors (Lipinski definition) is 4. The van der Waals surface area contributed by atoms with Crippen LogP contribution in [0.4, 0.5) is 0 Å². The Bertz CT molecular complexity index is 857. The minimum Gasteiger partial charge on any atom is -0.314 e. The van der Waals surface area contributed by atoms with E-state index in [0.717, 1.165) is 31.9 Å². The molecule has 4 rings (SSSR count). The molecule has 1 saturated heterocycles. The van der Waals surface area contributed by atoms with E-state index in [9.17, 15) is 0 Å². The highest BCUT2D eigenvalue weighted by atomic mass is 15.3. The van der Waals surface area contributed by atoms with Gasteiger partial charge in [-0.3, -0.25) is 9.88 Å². The normalized spacial score (nSPS) is 18.1. The van der Waals surface area contributed by atoms with Crippen molar-refractivity contribution in [3.63, 3.8) is 0 Å². The fraction of sp³-hybridized carbons (Fsp3) is 0.364. The topological polar surface area (TPSA) is 46.0 Å². The van der Waals surface area contributed by atoms with Gasteiger partial charge in [-0.1, -0.05) is 38.1 Å². The summed E-state index contributed by atoms with van der Waals surface area (Å²) in [6.07, 6.45) is 6.03. The largest absolute Gasteiger partial charge is 0.314 e. The Morgan fingerprint density at radius 1 is 1.15 bits per heavy atom. The van der Waals surface area contributed by atoms with Crippen molar-refractivity contribution < 1.29 is 0 Å². The van der Waals surface area contributed by atoms with Crippen LogP contribution in [-0.2, 0) is 6.54 Å². The van der Waals surface area contributed by atoms with Gasteiger partial charge in [-0.15, -0.1) is 0 Å². The molecule has 1 aromatic carbocycles. The molecule has 5 heteroatoms. The molecule has 5 nitrogen and oxygen atoms in total. The number of nitrogens with one attached hydrogen (secondary N) is 1. The lowest BCUT2D eigenvalue weighted by atomic mass is 10.0. The summed E-state index contributed by atoms with van der Waals surface area (Å²) in [5.74, 6) is 0.393. The van der Waals surface area contributed by atoms with Crippen LogP contribution < -0.4 is 5.32 Å². The zero-order valence-corrected chi connectivity index (χ0v) is 16.0. The second-order valence-corrected chi connectivity index (χ2v) is 7.45. The molecule has 140 valence electrons. The predicted molar refractivity (Wildman–Crippen MR) is 108 cm³/mol. The molecule has 1 aliphatic heterocycles. The van der Waals surface area contributed by atoms with Gasteiger partial charge in [0.05, 0.1) is 11.4 Å². The Balaban J connectivity index is 1.63. The van der Waals surface area contributed by atoms with Crippen molar-refractivity contribution >= 4 is 0 Å². The van der Waals surface area contributed by atoms with Gasteiger partial charge in [0.1, 0.15) is 0 Å². The molecule has 1 aliphatic rings. The SMILES string of the molecule is CC(C)c1nn(-c2ccccc2)cc1CN1CCNCC1c1cccnc1. The highest BCUT2D eigenvalue weighted by Gasteiger charge is 2.26. The fourth-order valence-corrected chi connectivity index (χ4v) is 3.80. The molecule has 0 amide bonds. The summed E-state index contributed by atoms with van der Waals surface area (Å²) in [5, 5.41) is 8.43. The lowest BCUT2D eigenvalue weighted by Gasteiger charge is -2.36. The quantitative estimate of drug-likeness (QED) is 0.755. The van der Waals surface area contributed by atoms with Crippen LogP contribution in [0.5, 0.6) is 0 Å². The molecule has 0 saturated carbocycles. The van der Waals surface area contributed by atoms with Crippen molar-refractivity contribution in [2.24, 2.45) is 0 Å². The van der Waals surface area contributed by atoms with Crippen LogP contribution in [0.2, 0.25) is 0 Å². The predicted octanol–water partition coefficient (Wildman–Crippen LogP) is 3.54. The molecule has 1 fully saturated rings. The highest BCUT2D eigenvalue weighted by molar-refractivity contribution is 5.33. The lowest BCUT2D eigenvalue weighted by Crippen LogP contribution is -2.45. The van der Waals surface area contributed by atoms with Crippen molar-refractivity contribution in [3.8, 4) is 5.69 Å². The van der Waals surface area contributed by atoms with E-state index in [-0.39, 0.29) is 0 Å². The first kappa shape index (κ1) is 17.9. The summed E-state index contributed by atoms with van der Waals surface area (Å²) in [7, 11) is 0. The minimum atomic E-state index is 0.340. The van der Waals surface area contributed by atoms with Crippen molar-refractivity contribution in [1.82, 2.24) is 25.0 Å². The van der Waals surface area contributed by atoms with Crippen LogP contribution in [0.15, 0.2) is 61.1 Å². The van der Waals surface area contributed by atoms with Crippen LogP contribution in [-0.4, -0.2) is 39.3 Å². The summed E-state index contributed by atoms with van der Waals surface area (Å²) in [6.45, 7) is 8.33. The van der Waals surface area contributed by atoms with Gasteiger partial charge >= 0.3 is 0 Å². The molecule has 1 N–H and O–H groups in total. The number of nitrogens with zero attached hydrogens (tertiary/aromatic N) is 4. The summed E-state index contributed by atoms with van der Waals surface area (Å²) >= 11 is 0. The fourth-order valence-electron chi connectivity index (χ4n) is 3.80. The van der Waals surface area contributed by atoms with Gasteiger partial charge in [0, 0.05) is 56.4 Å². The van der Waals surface area contributed by atoms with E-state index in [1.807, 2.05) is 29.2 Å². The number of aromatic nitrogens is 3. The average molecular weight is 361 g/mol. The standard InChI is InChI=1S/C22H27N5/c1-17(2)22-19(16-27(25-22)20-8-4-3-5-9-20)15-26-12-11-24-14-21(26)18-7-6-10-23-13-18/h3-10,13,16-17,21,24H,11-12,14-15H2,1-2H3. The molecular formula is C22H27N5. The summed E-state index contributed by atoms with van der Waals surface area (Å²) < 4.78 is 2.02. The third-order valence-electron chi connectivity index (χ3n) is 5.19. The second-order valence-electron chi connectivity index (χ2n) is 7.45. The smallest absolute Gasteiger partial charge is 0.0699 e. The van der Waals surface area contributed by atoms with Crippen molar-refractivity contribution in [2.45, 2.75) is 32.4 Å². The van der Waals surface area contributed by atoms with Crippen LogP contribution in [0.3, 0.4) is 0 Å². The molecule has 3 aromatic rings. The first-order valence-electron chi connectivity index (χ1n) is 9.71. The Labute approximate surface area is 161 Å². The van der Waals surface area contributed by atoms with E-state index in [4.69, 9.17) is 5.10 Å². The first-order valence-corrected chi connectivity index (χ1v) is 9.71. The van der Waals surface area contributed by atoms with E-state index >= 15 is 0 Å². The average Bonchev–Trinajstić information content (AvgIpc) is 3.14. The third-order valence-corrected chi connectivity index (χ3v) is 5.19. The van der Waals surface area contributed by atoms with Gasteiger partial charge in [0.2, 0.25) is 0 Å². The summed E-state index contributed by atoms with van der Waals surface area (Å²) in [4.78, 5) is 6.87. The van der Waals surface area contributed by atoms with E-state index < -0.39 is 0 Å². The second kappa shape index (κ2) is 8.03. The van der Waals surface area contributed by atoms with Gasteiger partial charge in [0.15, 0.2) is 0 Å². The van der Waals surface area contributed by atoms with Gasteiger partial charge in [-0.2, -0.15) is 5.10 Å². The Morgan fingerprint density at radius 2 is 2.00 bits per heavy atom. The third kappa shape index (κ3) is 3.94. The maximum atomic E-state index is 4.91. The van der Waals surface area contributed by atoms with Gasteiger partial charge < -0.3 is 5.32 Å². The van der Waals surface area contributed by atoms with Crippen molar-refractivity contribution in [2.75, 3.05) is 19.6 Å². The Kier molecular flexibility index (Phi) is 5.32. The maximum Gasteiger partial charge on any atom is 0.0699 e. The molecule has 0 bridgehead atoms. The molecule has 2 aromatic heterocycles. The molecule has 0 spiro atoms. The monoisotopic (exact) mass is 361 g/mol. The van der Waals surface area contributed by atoms with Crippen LogP contribution in [0, 0.1) is 0 Å². The summed E-state index contributed by atoms with van der Waals surface area (Å²) in [5.41, 5.74) is 4.87. The van der Waals surface area contributed by atoms with Gasteiger partial charge in [-0.25, -0.2) is 4.68 Å². The van der Waals surface area contributed by atoms with E-state index in [0.29, 0.717) is 12.0 Å². The number of piperazine rings is 1. The zero-order valence-electron chi connectivity index (χ0n) is 16.0. The molecule has 0 radical (unpaired) electrons. The molecule has 3 heterocycles. The van der Waals surface area contributed by atoms with E-state index in [2.05, 4.69) is 65.6 Å². The highest BCUT2D eigenvalue weighted by Crippen LogP contribution is 2.27. The van der Waals surface area contributed by atoms with Crippen molar-refractivity contribution in [3.05, 3.63) is 77.9 Å². The molecule has 27 heavy (non-hydrogen) atoms. The van der Waals surface area contributed by atoms with Gasteiger partial charge in [0.25, 0.3) is 0 Å².